The summed E-state index contributed by atoms with van der Waals surface area (Å²) in [6.07, 6.45) is 1.67. The van der Waals surface area contributed by atoms with Crippen LogP contribution >= 0.6 is 38.9 Å². The summed E-state index contributed by atoms with van der Waals surface area (Å²) in [6.45, 7) is 5.29. The number of carbonyl (C=O) groups excluding carboxylic acids is 2. The Morgan fingerprint density at radius 3 is 2.61 bits per heavy atom. The number of nitrogens with zero attached hydrogens (tertiary/aromatic N) is 2. The van der Waals surface area contributed by atoms with Crippen molar-refractivity contribution >= 4 is 56.9 Å². The fourth-order valence-electron chi connectivity index (χ4n) is 4.03. The Morgan fingerprint density at radius 2 is 1.89 bits per heavy atom. The van der Waals surface area contributed by atoms with Gasteiger partial charge in [-0.1, -0.05) is 57.1 Å². The maximum atomic E-state index is 13.8. The molecule has 2 heterocycles. The van der Waals surface area contributed by atoms with Crippen molar-refractivity contribution in [1.29, 1.82) is 0 Å². The number of hydrogen-bond acceptors (Lipinski definition) is 8. The Bertz CT molecular complexity index is 1610. The lowest BCUT2D eigenvalue weighted by Crippen LogP contribution is -2.40. The van der Waals surface area contributed by atoms with Crippen LogP contribution in [0.2, 0.25) is 5.02 Å². The van der Waals surface area contributed by atoms with Gasteiger partial charge in [0.1, 0.15) is 11.8 Å². The van der Waals surface area contributed by atoms with Crippen molar-refractivity contribution in [2.45, 2.75) is 26.8 Å². The third-order valence-corrected chi connectivity index (χ3v) is 7.45. The van der Waals surface area contributed by atoms with Crippen LogP contribution < -0.4 is 19.6 Å². The number of rotatable bonds is 8. The number of carbonyl (C=O) groups is 2. The van der Waals surface area contributed by atoms with Crippen LogP contribution in [0.3, 0.4) is 0 Å². The van der Waals surface area contributed by atoms with Crippen molar-refractivity contribution in [1.82, 2.24) is 4.57 Å². The highest BCUT2D eigenvalue weighted by atomic mass is 79.9. The fraction of sp³-hybridized carbons (Fsp3) is 0.259. The predicted octanol–water partition coefficient (Wildman–Crippen LogP) is 4.16. The van der Waals surface area contributed by atoms with E-state index >= 15 is 0 Å². The molecule has 1 aliphatic rings. The lowest BCUT2D eigenvalue weighted by molar-refractivity contribution is -0.145. The first-order valence-corrected chi connectivity index (χ1v) is 13.8. The third-order valence-electron chi connectivity index (χ3n) is 5.63. The molecule has 4 rings (SSSR count). The molecule has 0 spiro atoms. The minimum atomic E-state index is -0.816. The van der Waals surface area contributed by atoms with Gasteiger partial charge >= 0.3 is 11.9 Å². The summed E-state index contributed by atoms with van der Waals surface area (Å²) in [6, 6.07) is 11.5. The third kappa shape index (κ3) is 5.77. The first-order valence-electron chi connectivity index (χ1n) is 11.8. The second-order valence-electron chi connectivity index (χ2n) is 8.10. The smallest absolute Gasteiger partial charge is 0.344 e. The van der Waals surface area contributed by atoms with E-state index in [-0.39, 0.29) is 31.0 Å². The summed E-state index contributed by atoms with van der Waals surface area (Å²) >= 11 is 11.2. The Hall–Kier alpha value is -3.21. The Kier molecular flexibility index (Phi) is 8.86. The molecule has 3 aromatic rings. The van der Waals surface area contributed by atoms with E-state index in [0.29, 0.717) is 36.9 Å². The zero-order valence-electron chi connectivity index (χ0n) is 20.8. The van der Waals surface area contributed by atoms with Gasteiger partial charge in [-0.15, -0.1) is 0 Å². The fourth-order valence-corrected chi connectivity index (χ4v) is 5.68. The normalized spacial score (nSPS) is 15.1. The zero-order chi connectivity index (χ0) is 27.4. The monoisotopic (exact) mass is 618 g/mol. The number of ether oxygens (including phenoxy) is 3. The van der Waals surface area contributed by atoms with Crippen LogP contribution in [0.4, 0.5) is 0 Å². The average Bonchev–Trinajstić information content (AvgIpc) is 3.17. The molecular formula is C27H24BrClN2O6S. The summed E-state index contributed by atoms with van der Waals surface area (Å²) in [4.78, 5) is 43.7. The Balaban J connectivity index is 1.88. The van der Waals surface area contributed by atoms with E-state index in [1.165, 1.54) is 15.9 Å². The van der Waals surface area contributed by atoms with Crippen LogP contribution in [0.25, 0.3) is 6.08 Å². The van der Waals surface area contributed by atoms with E-state index < -0.39 is 18.0 Å². The Morgan fingerprint density at radius 1 is 1.16 bits per heavy atom. The van der Waals surface area contributed by atoms with Gasteiger partial charge in [0.15, 0.2) is 11.4 Å². The molecule has 0 fully saturated rings. The number of esters is 2. The standard InChI is InChI=1S/C27H24BrClN2O6S/c1-4-35-22(32)14-37-20-11-10-17(28)12-16(20)13-21-25(33)31-24(18-8-6-7-9-19(18)29)23(26(34)36-5-2)15(3)30-27(31)38-21/h6-13,24H,4-5,14H2,1-3H3/b21-13-/t24-/m1/s1. The molecule has 0 saturated carbocycles. The first kappa shape index (κ1) is 27.8. The van der Waals surface area contributed by atoms with Gasteiger partial charge in [0.05, 0.1) is 29.0 Å². The topological polar surface area (TPSA) is 96.2 Å². The molecule has 198 valence electrons. The molecule has 0 N–H and O–H groups in total. The minimum absolute atomic E-state index is 0.173. The van der Waals surface area contributed by atoms with Crippen molar-refractivity contribution in [3.63, 3.8) is 0 Å². The maximum Gasteiger partial charge on any atom is 0.344 e. The molecule has 38 heavy (non-hydrogen) atoms. The van der Waals surface area contributed by atoms with Crippen molar-refractivity contribution in [3.05, 3.63) is 94.0 Å². The molecule has 0 radical (unpaired) electrons. The molecule has 1 atom stereocenters. The number of allylic oxidation sites excluding steroid dienone is 1. The first-order chi connectivity index (χ1) is 18.2. The van der Waals surface area contributed by atoms with Gasteiger partial charge < -0.3 is 14.2 Å². The molecule has 1 aromatic heterocycles. The number of fused-ring (bicyclic) bond motifs is 1. The van der Waals surface area contributed by atoms with Crippen LogP contribution in [0.15, 0.2) is 68.0 Å². The molecule has 0 bridgehead atoms. The van der Waals surface area contributed by atoms with Gasteiger partial charge in [-0.3, -0.25) is 9.36 Å². The lowest BCUT2D eigenvalue weighted by atomic mass is 9.96. The van der Waals surface area contributed by atoms with Gasteiger partial charge in [0.2, 0.25) is 0 Å². The van der Waals surface area contributed by atoms with E-state index in [1.807, 2.05) is 0 Å². The van der Waals surface area contributed by atoms with Crippen molar-refractivity contribution in [3.8, 4) is 5.75 Å². The molecule has 1 aliphatic heterocycles. The summed E-state index contributed by atoms with van der Waals surface area (Å²) in [7, 11) is 0. The van der Waals surface area contributed by atoms with Crippen LogP contribution in [0, 0.1) is 0 Å². The molecule has 0 aliphatic carbocycles. The highest BCUT2D eigenvalue weighted by Crippen LogP contribution is 2.34. The molecule has 0 saturated heterocycles. The summed E-state index contributed by atoms with van der Waals surface area (Å²) in [5.74, 6) is -0.657. The maximum absolute atomic E-state index is 13.8. The van der Waals surface area contributed by atoms with E-state index in [9.17, 15) is 14.4 Å². The summed E-state index contributed by atoms with van der Waals surface area (Å²) in [5.41, 5.74) is 1.50. The number of hydrogen-bond donors (Lipinski definition) is 0. The van der Waals surface area contributed by atoms with Gasteiger partial charge in [0, 0.05) is 15.1 Å². The van der Waals surface area contributed by atoms with Gasteiger partial charge in [0.25, 0.3) is 5.56 Å². The molecular weight excluding hydrogens is 596 g/mol. The molecule has 8 nitrogen and oxygen atoms in total. The number of aromatic nitrogens is 1. The highest BCUT2D eigenvalue weighted by molar-refractivity contribution is 9.10. The quantitative estimate of drug-likeness (QED) is 0.352. The van der Waals surface area contributed by atoms with Crippen LogP contribution in [-0.4, -0.2) is 36.3 Å². The van der Waals surface area contributed by atoms with Crippen LogP contribution in [0.1, 0.15) is 37.9 Å². The van der Waals surface area contributed by atoms with Crippen LogP contribution in [-0.2, 0) is 19.1 Å². The van der Waals surface area contributed by atoms with Gasteiger partial charge in [-0.05, 0) is 56.7 Å². The van der Waals surface area contributed by atoms with Crippen molar-refractivity contribution in [2.24, 2.45) is 4.99 Å². The number of benzene rings is 2. The van der Waals surface area contributed by atoms with E-state index in [0.717, 1.165) is 4.47 Å². The largest absolute Gasteiger partial charge is 0.481 e. The summed E-state index contributed by atoms with van der Waals surface area (Å²) < 4.78 is 18.5. The number of thiazole rings is 1. The highest BCUT2D eigenvalue weighted by Gasteiger charge is 2.34. The van der Waals surface area contributed by atoms with E-state index in [2.05, 4.69) is 20.9 Å². The van der Waals surface area contributed by atoms with Crippen molar-refractivity contribution < 1.29 is 23.8 Å². The average molecular weight is 620 g/mol. The second-order valence-corrected chi connectivity index (χ2v) is 10.4. The zero-order valence-corrected chi connectivity index (χ0v) is 24.0. The lowest BCUT2D eigenvalue weighted by Gasteiger charge is -2.25. The minimum Gasteiger partial charge on any atom is -0.481 e. The summed E-state index contributed by atoms with van der Waals surface area (Å²) in [5, 5.41) is 0.408. The Labute approximate surface area is 236 Å². The molecule has 11 heteroatoms. The second kappa shape index (κ2) is 12.1. The van der Waals surface area contributed by atoms with Crippen molar-refractivity contribution in [2.75, 3.05) is 19.8 Å². The molecule has 0 amide bonds. The van der Waals surface area contributed by atoms with E-state index in [4.69, 9.17) is 25.8 Å². The van der Waals surface area contributed by atoms with Gasteiger partial charge in [-0.25, -0.2) is 14.6 Å². The van der Waals surface area contributed by atoms with Crippen LogP contribution in [0.5, 0.6) is 5.75 Å². The number of halogens is 2. The van der Waals surface area contributed by atoms with E-state index in [1.54, 1.807) is 69.3 Å². The molecule has 0 unspecified atom stereocenters. The SMILES string of the molecule is CCOC(=O)COc1ccc(Br)cc1/C=c1\sc2n(c1=O)[C@H](c1ccccc1Cl)C(C(=O)OCC)=C(C)N=2. The predicted molar refractivity (Wildman–Crippen MR) is 148 cm³/mol. The molecule has 2 aromatic carbocycles. The van der Waals surface area contributed by atoms with Gasteiger partial charge in [-0.2, -0.15) is 0 Å².